The molecule has 1 heterocycles. The van der Waals surface area contributed by atoms with Gasteiger partial charge < -0.3 is 0 Å². The van der Waals surface area contributed by atoms with Crippen molar-refractivity contribution in [3.63, 3.8) is 0 Å². The minimum absolute atomic E-state index is 0.145. The van der Waals surface area contributed by atoms with E-state index in [-0.39, 0.29) is 6.04 Å². The SMILES string of the molecule is CC(C)C[S@@](=O)N[C@@H](C)c1cc2cc(Cl)ccc2nc1Cl. The van der Waals surface area contributed by atoms with Crippen molar-refractivity contribution in [3.05, 3.63) is 40.0 Å². The number of hydrogen-bond donors (Lipinski definition) is 1. The minimum atomic E-state index is -1.09. The Hall–Kier alpha value is -0.680. The maximum atomic E-state index is 12.0. The van der Waals surface area contributed by atoms with Gasteiger partial charge in [0.15, 0.2) is 0 Å². The lowest BCUT2D eigenvalue weighted by molar-refractivity contribution is 0.635. The van der Waals surface area contributed by atoms with E-state index in [0.29, 0.717) is 21.8 Å². The first-order valence-electron chi connectivity index (χ1n) is 6.77. The molecule has 1 N–H and O–H groups in total. The van der Waals surface area contributed by atoms with Crippen LogP contribution in [0.3, 0.4) is 0 Å². The van der Waals surface area contributed by atoms with Crippen molar-refractivity contribution < 1.29 is 4.21 Å². The molecule has 0 radical (unpaired) electrons. The molecule has 2 aromatic rings. The molecule has 0 aliphatic heterocycles. The van der Waals surface area contributed by atoms with Gasteiger partial charge in [0, 0.05) is 27.8 Å². The third kappa shape index (κ3) is 4.39. The second-order valence-corrected chi connectivity index (χ2v) is 7.51. The van der Waals surface area contributed by atoms with E-state index in [9.17, 15) is 4.21 Å². The molecule has 0 spiro atoms. The zero-order valence-corrected chi connectivity index (χ0v) is 14.5. The Bertz CT molecular complexity index is 676. The van der Waals surface area contributed by atoms with Gasteiger partial charge >= 0.3 is 0 Å². The molecule has 1 aromatic heterocycles. The molecular weight excluding hydrogens is 327 g/mol. The first-order chi connectivity index (χ1) is 9.86. The Kier molecular flexibility index (Phi) is 5.60. The summed E-state index contributed by atoms with van der Waals surface area (Å²) in [6.45, 7) is 6.01. The molecule has 0 saturated heterocycles. The summed E-state index contributed by atoms with van der Waals surface area (Å²) in [7, 11) is -1.09. The topological polar surface area (TPSA) is 42.0 Å². The van der Waals surface area contributed by atoms with Crippen LogP contribution < -0.4 is 4.72 Å². The predicted molar refractivity (Wildman–Crippen MR) is 91.2 cm³/mol. The lowest BCUT2D eigenvalue weighted by Gasteiger charge is -2.16. The first kappa shape index (κ1) is 16.7. The Morgan fingerprint density at radius 1 is 1.24 bits per heavy atom. The van der Waals surface area contributed by atoms with E-state index in [0.717, 1.165) is 16.5 Å². The van der Waals surface area contributed by atoms with E-state index < -0.39 is 11.0 Å². The number of pyridine rings is 1. The molecule has 0 bridgehead atoms. The van der Waals surface area contributed by atoms with Gasteiger partial charge in [-0.2, -0.15) is 0 Å². The molecule has 0 saturated carbocycles. The molecule has 1 aromatic carbocycles. The van der Waals surface area contributed by atoms with Crippen molar-refractivity contribution >= 4 is 45.1 Å². The van der Waals surface area contributed by atoms with Gasteiger partial charge in [0.25, 0.3) is 0 Å². The van der Waals surface area contributed by atoms with Crippen molar-refractivity contribution in [1.82, 2.24) is 9.71 Å². The summed E-state index contributed by atoms with van der Waals surface area (Å²) in [6.07, 6.45) is 0. The molecule has 114 valence electrons. The highest BCUT2D eigenvalue weighted by Gasteiger charge is 2.15. The number of aromatic nitrogens is 1. The summed E-state index contributed by atoms with van der Waals surface area (Å²) in [4.78, 5) is 4.37. The molecule has 21 heavy (non-hydrogen) atoms. The number of rotatable bonds is 5. The highest BCUT2D eigenvalue weighted by Crippen LogP contribution is 2.27. The Morgan fingerprint density at radius 3 is 2.62 bits per heavy atom. The number of nitrogens with one attached hydrogen (secondary N) is 1. The zero-order chi connectivity index (χ0) is 15.6. The highest BCUT2D eigenvalue weighted by molar-refractivity contribution is 7.83. The zero-order valence-electron chi connectivity index (χ0n) is 12.2. The van der Waals surface area contributed by atoms with Gasteiger partial charge in [0.05, 0.1) is 16.5 Å². The van der Waals surface area contributed by atoms with Crippen molar-refractivity contribution in [1.29, 1.82) is 0 Å². The third-order valence-corrected chi connectivity index (χ3v) is 5.14. The van der Waals surface area contributed by atoms with E-state index in [1.54, 1.807) is 6.07 Å². The highest BCUT2D eigenvalue weighted by atomic mass is 35.5. The van der Waals surface area contributed by atoms with Crippen molar-refractivity contribution in [2.24, 2.45) is 5.92 Å². The number of halogens is 2. The van der Waals surface area contributed by atoms with Crippen LogP contribution >= 0.6 is 23.2 Å². The fourth-order valence-electron chi connectivity index (χ4n) is 2.06. The quantitative estimate of drug-likeness (QED) is 0.810. The largest absolute Gasteiger partial charge is 0.243 e. The molecule has 0 aliphatic carbocycles. The fraction of sp³-hybridized carbons (Fsp3) is 0.400. The molecule has 0 unspecified atom stereocenters. The molecule has 0 amide bonds. The molecule has 0 fully saturated rings. The summed E-state index contributed by atoms with van der Waals surface area (Å²) >= 11 is 12.3. The van der Waals surface area contributed by atoms with Gasteiger partial charge in [-0.05, 0) is 37.1 Å². The average Bonchev–Trinajstić information content (AvgIpc) is 2.37. The summed E-state index contributed by atoms with van der Waals surface area (Å²) in [5.74, 6) is 0.976. The molecule has 6 heteroatoms. The number of benzene rings is 1. The van der Waals surface area contributed by atoms with Crippen LogP contribution in [0, 0.1) is 5.92 Å². The molecule has 0 aliphatic rings. The van der Waals surface area contributed by atoms with Crippen LogP contribution in [-0.4, -0.2) is 14.9 Å². The standard InChI is InChI=1S/C15H18Cl2N2OS/c1-9(2)8-21(20)19-10(3)13-7-11-6-12(16)4-5-14(11)18-15(13)17/h4-7,9-10,19H,8H2,1-3H3/t10-,21+/m0/s1. The molecule has 2 atom stereocenters. The fourth-order valence-corrected chi connectivity index (χ4v) is 3.77. The van der Waals surface area contributed by atoms with Gasteiger partial charge in [0.2, 0.25) is 0 Å². The molecule has 2 rings (SSSR count). The van der Waals surface area contributed by atoms with Crippen molar-refractivity contribution in [2.75, 3.05) is 5.75 Å². The van der Waals surface area contributed by atoms with E-state index in [2.05, 4.69) is 9.71 Å². The Morgan fingerprint density at radius 2 is 1.95 bits per heavy atom. The van der Waals surface area contributed by atoms with E-state index >= 15 is 0 Å². The summed E-state index contributed by atoms with van der Waals surface area (Å²) in [5.41, 5.74) is 1.62. The first-order valence-corrected chi connectivity index (χ1v) is 8.84. The summed E-state index contributed by atoms with van der Waals surface area (Å²) in [6, 6.07) is 7.27. The number of nitrogens with zero attached hydrogens (tertiary/aromatic N) is 1. The van der Waals surface area contributed by atoms with Gasteiger partial charge in [-0.15, -0.1) is 0 Å². The van der Waals surface area contributed by atoms with Crippen LogP contribution in [0.2, 0.25) is 10.2 Å². The number of hydrogen-bond acceptors (Lipinski definition) is 2. The smallest absolute Gasteiger partial charge is 0.134 e. The average molecular weight is 345 g/mol. The summed E-state index contributed by atoms with van der Waals surface area (Å²) in [5, 5.41) is 2.00. The van der Waals surface area contributed by atoms with Crippen molar-refractivity contribution in [2.45, 2.75) is 26.8 Å². The third-order valence-electron chi connectivity index (χ3n) is 3.02. The van der Waals surface area contributed by atoms with Crippen LogP contribution in [-0.2, 0) is 11.0 Å². The normalized spacial score (nSPS) is 14.6. The predicted octanol–water partition coefficient (Wildman–Crippen LogP) is 4.51. The monoisotopic (exact) mass is 344 g/mol. The lowest BCUT2D eigenvalue weighted by Crippen LogP contribution is -2.25. The maximum Gasteiger partial charge on any atom is 0.134 e. The second kappa shape index (κ2) is 7.05. The van der Waals surface area contributed by atoms with Crippen LogP contribution in [0.15, 0.2) is 24.3 Å². The van der Waals surface area contributed by atoms with E-state index in [1.165, 1.54) is 0 Å². The Labute approximate surface area is 137 Å². The molecule has 3 nitrogen and oxygen atoms in total. The van der Waals surface area contributed by atoms with E-state index in [1.807, 2.05) is 39.0 Å². The minimum Gasteiger partial charge on any atom is -0.243 e. The van der Waals surface area contributed by atoms with Gasteiger partial charge in [-0.3, -0.25) is 0 Å². The maximum absolute atomic E-state index is 12.0. The van der Waals surface area contributed by atoms with Gasteiger partial charge in [-0.1, -0.05) is 37.0 Å². The molecular formula is C15H18Cl2N2OS. The van der Waals surface area contributed by atoms with Crippen LogP contribution in [0.1, 0.15) is 32.4 Å². The Balaban J connectivity index is 2.28. The van der Waals surface area contributed by atoms with Crippen LogP contribution in [0.25, 0.3) is 10.9 Å². The van der Waals surface area contributed by atoms with Gasteiger partial charge in [-0.25, -0.2) is 13.9 Å². The number of fused-ring (bicyclic) bond motifs is 1. The second-order valence-electron chi connectivity index (χ2n) is 5.45. The van der Waals surface area contributed by atoms with E-state index in [4.69, 9.17) is 23.2 Å². The van der Waals surface area contributed by atoms with Gasteiger partial charge in [0.1, 0.15) is 5.15 Å². The lowest BCUT2D eigenvalue weighted by atomic mass is 10.1. The van der Waals surface area contributed by atoms with Crippen molar-refractivity contribution in [3.8, 4) is 0 Å². The van der Waals surface area contributed by atoms with Crippen LogP contribution in [0.5, 0.6) is 0 Å². The van der Waals surface area contributed by atoms with Crippen LogP contribution in [0.4, 0.5) is 0 Å². The summed E-state index contributed by atoms with van der Waals surface area (Å²) < 4.78 is 15.0.